The lowest BCUT2D eigenvalue weighted by Crippen LogP contribution is -2.23. The molecular weight excluding hydrogens is 260 g/mol. The summed E-state index contributed by atoms with van der Waals surface area (Å²) < 4.78 is 16.8. The average molecular weight is 277 g/mol. The Balaban J connectivity index is 2.36. The van der Waals surface area contributed by atoms with Gasteiger partial charge >= 0.3 is 0 Å². The molecule has 2 atom stereocenters. The second-order valence-corrected chi connectivity index (χ2v) is 5.63. The molecule has 0 bridgehead atoms. The number of halogens is 1. The fourth-order valence-electron chi connectivity index (χ4n) is 1.34. The molecule has 0 spiro atoms. The van der Waals surface area contributed by atoms with Gasteiger partial charge in [0.1, 0.15) is 0 Å². The number of aliphatic hydroxyl groups excluding tert-OH is 1. The molecule has 0 radical (unpaired) electrons. The van der Waals surface area contributed by atoms with Crippen molar-refractivity contribution in [3.8, 4) is 0 Å². The fourth-order valence-corrected chi connectivity index (χ4v) is 2.68. The highest BCUT2D eigenvalue weighted by molar-refractivity contribution is 7.84. The summed E-state index contributed by atoms with van der Waals surface area (Å²) in [5.74, 6) is 0.670. The van der Waals surface area contributed by atoms with Crippen LogP contribution in [0.2, 0.25) is 5.02 Å². The largest absolute Gasteiger partial charge is 0.390 e. The molecular formula is C12H17ClO3S. The van der Waals surface area contributed by atoms with Crippen LogP contribution in [0.5, 0.6) is 0 Å². The van der Waals surface area contributed by atoms with Gasteiger partial charge in [0.2, 0.25) is 0 Å². The van der Waals surface area contributed by atoms with Crippen LogP contribution in [0, 0.1) is 0 Å². The van der Waals surface area contributed by atoms with E-state index in [1.54, 1.807) is 12.1 Å². The van der Waals surface area contributed by atoms with E-state index in [1.165, 1.54) is 0 Å². The molecule has 0 aliphatic carbocycles. The zero-order valence-corrected chi connectivity index (χ0v) is 11.3. The molecule has 5 heteroatoms. The summed E-state index contributed by atoms with van der Waals surface area (Å²) in [4.78, 5) is 0. The molecule has 0 aliphatic heterocycles. The van der Waals surface area contributed by atoms with Crippen LogP contribution in [0.25, 0.3) is 0 Å². The van der Waals surface area contributed by atoms with Crippen molar-refractivity contribution in [1.82, 2.24) is 0 Å². The maximum atomic E-state index is 11.7. The van der Waals surface area contributed by atoms with Crippen LogP contribution < -0.4 is 0 Å². The lowest BCUT2D eigenvalue weighted by molar-refractivity contribution is 0.0547. The lowest BCUT2D eigenvalue weighted by atomic mass is 10.2. The fraction of sp³-hybridized carbons (Fsp3) is 0.500. The molecule has 0 amide bonds. The number of benzene rings is 1. The Morgan fingerprint density at radius 3 is 2.65 bits per heavy atom. The van der Waals surface area contributed by atoms with Crippen molar-refractivity contribution in [2.24, 2.45) is 0 Å². The van der Waals surface area contributed by atoms with Crippen molar-refractivity contribution in [2.45, 2.75) is 18.8 Å². The molecule has 0 saturated carbocycles. The van der Waals surface area contributed by atoms with E-state index in [2.05, 4.69) is 0 Å². The topological polar surface area (TPSA) is 46.5 Å². The quantitative estimate of drug-likeness (QED) is 0.828. The molecule has 0 aromatic heterocycles. The molecule has 1 aromatic carbocycles. The van der Waals surface area contributed by atoms with Crippen molar-refractivity contribution >= 4 is 22.4 Å². The van der Waals surface area contributed by atoms with Crippen LogP contribution >= 0.6 is 11.6 Å². The number of hydrogen-bond donors (Lipinski definition) is 1. The summed E-state index contributed by atoms with van der Waals surface area (Å²) in [6, 6.07) is 7.22. The smallest absolute Gasteiger partial charge is 0.0888 e. The van der Waals surface area contributed by atoms with Crippen LogP contribution in [0.4, 0.5) is 0 Å². The van der Waals surface area contributed by atoms with E-state index in [0.29, 0.717) is 17.4 Å². The van der Waals surface area contributed by atoms with Gasteiger partial charge in [0.25, 0.3) is 0 Å². The third kappa shape index (κ3) is 6.17. The molecule has 2 unspecified atom stereocenters. The normalized spacial score (nSPS) is 14.5. The van der Waals surface area contributed by atoms with Crippen LogP contribution in [0.3, 0.4) is 0 Å². The monoisotopic (exact) mass is 276 g/mol. The highest BCUT2D eigenvalue weighted by atomic mass is 35.5. The van der Waals surface area contributed by atoms with Gasteiger partial charge in [-0.2, -0.15) is 0 Å². The minimum absolute atomic E-state index is 0.239. The summed E-state index contributed by atoms with van der Waals surface area (Å²) in [6.07, 6.45) is -0.664. The lowest BCUT2D eigenvalue weighted by Gasteiger charge is -2.10. The van der Waals surface area contributed by atoms with Crippen LogP contribution in [0.15, 0.2) is 24.3 Å². The summed E-state index contributed by atoms with van der Waals surface area (Å²) in [5.41, 5.74) is 0.955. The second kappa shape index (κ2) is 7.82. The maximum Gasteiger partial charge on any atom is 0.0888 e. The van der Waals surface area contributed by atoms with Crippen molar-refractivity contribution in [3.05, 3.63) is 34.9 Å². The second-order valence-electron chi connectivity index (χ2n) is 3.69. The SMILES string of the molecule is CCOCC(O)CS(=O)Cc1ccc(Cl)cc1. The predicted octanol–water partition coefficient (Wildman–Crippen LogP) is 1.99. The van der Waals surface area contributed by atoms with Gasteiger partial charge in [-0.3, -0.25) is 4.21 Å². The van der Waals surface area contributed by atoms with E-state index in [-0.39, 0.29) is 12.4 Å². The first kappa shape index (κ1) is 14.6. The molecule has 0 heterocycles. The van der Waals surface area contributed by atoms with E-state index in [1.807, 2.05) is 19.1 Å². The van der Waals surface area contributed by atoms with Crippen molar-refractivity contribution in [2.75, 3.05) is 19.0 Å². The number of rotatable bonds is 7. The Morgan fingerprint density at radius 2 is 2.06 bits per heavy atom. The van der Waals surface area contributed by atoms with Gasteiger partial charge in [-0.15, -0.1) is 0 Å². The third-order valence-electron chi connectivity index (χ3n) is 2.13. The third-order valence-corrected chi connectivity index (χ3v) is 3.80. The molecule has 1 aromatic rings. The first-order valence-corrected chi connectivity index (χ1v) is 7.33. The van der Waals surface area contributed by atoms with Crippen molar-refractivity contribution < 1.29 is 14.1 Å². The van der Waals surface area contributed by atoms with E-state index >= 15 is 0 Å². The Hall–Kier alpha value is -0.420. The zero-order valence-electron chi connectivity index (χ0n) is 9.77. The van der Waals surface area contributed by atoms with Crippen LogP contribution in [-0.4, -0.2) is 34.4 Å². The van der Waals surface area contributed by atoms with Gasteiger partial charge in [0, 0.05) is 28.2 Å². The molecule has 3 nitrogen and oxygen atoms in total. The minimum atomic E-state index is -1.08. The number of aliphatic hydroxyl groups is 1. The maximum absolute atomic E-state index is 11.7. The molecule has 0 aliphatic rings. The Labute approximate surface area is 109 Å². The highest BCUT2D eigenvalue weighted by Gasteiger charge is 2.10. The Morgan fingerprint density at radius 1 is 1.41 bits per heavy atom. The summed E-state index contributed by atoms with van der Waals surface area (Å²) >= 11 is 5.76. The molecule has 1 N–H and O–H groups in total. The summed E-state index contributed by atoms with van der Waals surface area (Å²) in [7, 11) is -1.08. The molecule has 17 heavy (non-hydrogen) atoms. The Bertz CT molecular complexity index is 353. The summed E-state index contributed by atoms with van der Waals surface area (Å²) in [6.45, 7) is 2.65. The van der Waals surface area contributed by atoms with E-state index < -0.39 is 16.9 Å². The predicted molar refractivity (Wildman–Crippen MR) is 70.7 cm³/mol. The minimum Gasteiger partial charge on any atom is -0.390 e. The van der Waals surface area contributed by atoms with Crippen LogP contribution in [-0.2, 0) is 21.3 Å². The van der Waals surface area contributed by atoms with Crippen LogP contribution in [0.1, 0.15) is 12.5 Å². The van der Waals surface area contributed by atoms with Gasteiger partial charge in [-0.1, -0.05) is 23.7 Å². The molecule has 0 fully saturated rings. The van der Waals surface area contributed by atoms with Crippen molar-refractivity contribution in [1.29, 1.82) is 0 Å². The highest BCUT2D eigenvalue weighted by Crippen LogP contribution is 2.11. The first-order valence-electron chi connectivity index (χ1n) is 5.47. The van der Waals surface area contributed by atoms with E-state index in [9.17, 15) is 9.32 Å². The average Bonchev–Trinajstić information content (AvgIpc) is 2.29. The Kier molecular flexibility index (Phi) is 6.73. The number of hydrogen-bond acceptors (Lipinski definition) is 3. The van der Waals surface area contributed by atoms with Gasteiger partial charge in [0.15, 0.2) is 0 Å². The van der Waals surface area contributed by atoms with Crippen molar-refractivity contribution in [3.63, 3.8) is 0 Å². The first-order chi connectivity index (χ1) is 8.11. The zero-order chi connectivity index (χ0) is 12.7. The number of ether oxygens (including phenoxy) is 1. The van der Waals surface area contributed by atoms with Gasteiger partial charge in [-0.05, 0) is 24.6 Å². The van der Waals surface area contributed by atoms with E-state index in [0.717, 1.165) is 5.56 Å². The van der Waals surface area contributed by atoms with Gasteiger partial charge in [0.05, 0.1) is 18.5 Å². The molecule has 1 rings (SSSR count). The standard InChI is InChI=1S/C12H17ClO3S/c1-2-16-7-12(14)9-17(15)8-10-3-5-11(13)6-4-10/h3-6,12,14H,2,7-9H2,1H3. The van der Waals surface area contributed by atoms with Gasteiger partial charge in [-0.25, -0.2) is 0 Å². The molecule has 96 valence electrons. The summed E-state index contributed by atoms with van der Waals surface area (Å²) in [5, 5.41) is 10.2. The van der Waals surface area contributed by atoms with E-state index in [4.69, 9.17) is 16.3 Å². The molecule has 0 saturated heterocycles. The van der Waals surface area contributed by atoms with Gasteiger partial charge < -0.3 is 9.84 Å².